The maximum atomic E-state index is 9.62. The van der Waals surface area contributed by atoms with Gasteiger partial charge in [0.05, 0.1) is 12.5 Å². The molecule has 0 atom stereocenters. The molecule has 1 amide bonds. The Morgan fingerprint density at radius 3 is 2.41 bits per heavy atom. The lowest BCUT2D eigenvalue weighted by atomic mass is 10.2. The highest BCUT2D eigenvalue weighted by molar-refractivity contribution is 5.64. The molecule has 22 heavy (non-hydrogen) atoms. The minimum atomic E-state index is -0.907. The fourth-order valence-corrected chi connectivity index (χ4v) is 1.84. The van der Waals surface area contributed by atoms with Gasteiger partial charge in [-0.3, -0.25) is 4.98 Å². The van der Waals surface area contributed by atoms with E-state index in [-0.39, 0.29) is 5.75 Å². The van der Waals surface area contributed by atoms with Crippen molar-refractivity contribution in [3.8, 4) is 5.75 Å². The average molecular weight is 308 g/mol. The number of rotatable bonds is 2. The number of hydrogen-bond donors (Lipinski definition) is 2. The normalized spacial score (nSPS) is 14.9. The quantitative estimate of drug-likeness (QED) is 0.647. The van der Waals surface area contributed by atoms with Crippen molar-refractivity contribution in [2.45, 2.75) is 25.7 Å². The smallest absolute Gasteiger partial charge is 0.406 e. The molecule has 2 rings (SSSR count). The first-order valence-electron chi connectivity index (χ1n) is 7.32. The van der Waals surface area contributed by atoms with Crippen LogP contribution in [0.4, 0.5) is 10.5 Å². The molecule has 7 nitrogen and oxygen atoms in total. The molecule has 0 saturated carbocycles. The van der Waals surface area contributed by atoms with Gasteiger partial charge in [0.25, 0.3) is 0 Å². The zero-order chi connectivity index (χ0) is 16.4. The van der Waals surface area contributed by atoms with E-state index in [0.29, 0.717) is 5.69 Å². The zero-order valence-corrected chi connectivity index (χ0v) is 13.1. The molecule has 1 aliphatic rings. The molecule has 1 fully saturated rings. The molecule has 0 aliphatic carbocycles. The topological polar surface area (TPSA) is 89.3 Å². The fourth-order valence-electron chi connectivity index (χ4n) is 1.84. The predicted octanol–water partition coefficient (Wildman–Crippen LogP) is 2.55. The molecular weight excluding hydrogens is 284 g/mol. The number of carbonyl (C=O) groups is 1. The van der Waals surface area contributed by atoms with Gasteiger partial charge < -0.3 is 20.0 Å². The number of likely N-dealkylation sites (tertiary alicyclic amines) is 1. The van der Waals surface area contributed by atoms with Gasteiger partial charge in [-0.25, -0.2) is 9.79 Å². The number of pyridine rings is 1. The first kappa shape index (κ1) is 17.7. The molecule has 0 spiro atoms. The van der Waals surface area contributed by atoms with Gasteiger partial charge in [-0.15, -0.1) is 0 Å². The second-order valence-corrected chi connectivity index (χ2v) is 5.24. The van der Waals surface area contributed by atoms with Crippen molar-refractivity contribution in [1.82, 2.24) is 14.8 Å². The predicted molar refractivity (Wildman–Crippen MR) is 85.8 cm³/mol. The zero-order valence-electron chi connectivity index (χ0n) is 13.1. The van der Waals surface area contributed by atoms with Crippen molar-refractivity contribution in [1.29, 1.82) is 0 Å². The lowest BCUT2D eigenvalue weighted by molar-refractivity contribution is 0.165. The molecule has 0 unspecified atom stereocenters. The molecule has 1 aliphatic heterocycles. The van der Waals surface area contributed by atoms with E-state index < -0.39 is 6.09 Å². The molecule has 7 heteroatoms. The van der Waals surface area contributed by atoms with Crippen LogP contribution in [0.15, 0.2) is 23.5 Å². The minimum absolute atomic E-state index is 0.133. The van der Waals surface area contributed by atoms with Gasteiger partial charge >= 0.3 is 6.09 Å². The summed E-state index contributed by atoms with van der Waals surface area (Å²) in [4.78, 5) is 21.0. The maximum Gasteiger partial charge on any atom is 0.406 e. The summed E-state index contributed by atoms with van der Waals surface area (Å²) in [5.74, 6) is 0.133. The van der Waals surface area contributed by atoms with Crippen LogP contribution in [-0.4, -0.2) is 64.6 Å². The Morgan fingerprint density at radius 2 is 1.91 bits per heavy atom. The molecule has 122 valence electrons. The molecule has 0 bridgehead atoms. The molecule has 1 aromatic rings. The van der Waals surface area contributed by atoms with Crippen LogP contribution in [-0.2, 0) is 0 Å². The first-order valence-corrected chi connectivity index (χ1v) is 7.32. The molecule has 0 radical (unpaired) electrons. The number of amides is 1. The number of carboxylic acid groups (broad SMARTS) is 1. The molecule has 2 N–H and O–H groups in total. The van der Waals surface area contributed by atoms with Crippen LogP contribution in [0.1, 0.15) is 25.7 Å². The molecule has 2 heterocycles. The van der Waals surface area contributed by atoms with Crippen molar-refractivity contribution in [3.05, 3.63) is 18.5 Å². The van der Waals surface area contributed by atoms with E-state index >= 15 is 0 Å². The summed E-state index contributed by atoms with van der Waals surface area (Å²) in [5.41, 5.74) is 0.583. The van der Waals surface area contributed by atoms with E-state index in [1.165, 1.54) is 46.0 Å². The van der Waals surface area contributed by atoms with Gasteiger partial charge in [0, 0.05) is 33.4 Å². The first-order chi connectivity index (χ1) is 10.5. The number of nitrogens with zero attached hydrogens (tertiary/aromatic N) is 4. The van der Waals surface area contributed by atoms with Crippen LogP contribution in [0.5, 0.6) is 5.75 Å². The van der Waals surface area contributed by atoms with Crippen molar-refractivity contribution in [2.75, 3.05) is 27.2 Å². The van der Waals surface area contributed by atoms with Crippen molar-refractivity contribution >= 4 is 18.1 Å². The third-order valence-electron chi connectivity index (χ3n) is 3.16. The summed E-state index contributed by atoms with van der Waals surface area (Å²) in [5, 5.41) is 17.4. The highest BCUT2D eigenvalue weighted by Gasteiger charge is 2.05. The van der Waals surface area contributed by atoms with Crippen molar-refractivity contribution in [2.24, 2.45) is 4.99 Å². The number of aromatic nitrogens is 1. The number of aromatic hydroxyl groups is 1. The van der Waals surface area contributed by atoms with E-state index in [2.05, 4.69) is 14.9 Å². The third-order valence-corrected chi connectivity index (χ3v) is 3.16. The van der Waals surface area contributed by atoms with Gasteiger partial charge in [-0.05, 0) is 18.9 Å². The summed E-state index contributed by atoms with van der Waals surface area (Å²) < 4.78 is 0. The van der Waals surface area contributed by atoms with Gasteiger partial charge in [0.2, 0.25) is 0 Å². The van der Waals surface area contributed by atoms with Crippen molar-refractivity contribution in [3.63, 3.8) is 0 Å². The Hall–Kier alpha value is -2.31. The van der Waals surface area contributed by atoms with Gasteiger partial charge in [0.15, 0.2) is 5.75 Å². The van der Waals surface area contributed by atoms with Crippen LogP contribution in [0.25, 0.3) is 0 Å². The van der Waals surface area contributed by atoms with Crippen LogP contribution in [0.2, 0.25) is 0 Å². The second-order valence-electron chi connectivity index (χ2n) is 5.24. The Labute approximate surface area is 130 Å². The second kappa shape index (κ2) is 9.59. The standard InChI is InChI=1S/C12H17N3O.C3H7NO2/c16-12-9-13-6-5-11(12)14-10-15-7-3-1-2-4-8-15;1-4(2)3(5)6/h5-6,9-10,16H,1-4,7-8H2;1-2H3,(H,5,6). The van der Waals surface area contributed by atoms with E-state index in [0.717, 1.165) is 18.0 Å². The summed E-state index contributed by atoms with van der Waals surface area (Å²) in [6.45, 7) is 2.13. The Kier molecular flexibility index (Phi) is 7.74. The maximum absolute atomic E-state index is 9.62. The van der Waals surface area contributed by atoms with Gasteiger partial charge in [-0.2, -0.15) is 0 Å². The summed E-state index contributed by atoms with van der Waals surface area (Å²) in [7, 11) is 2.95. The summed E-state index contributed by atoms with van der Waals surface area (Å²) >= 11 is 0. The van der Waals surface area contributed by atoms with E-state index in [1.807, 2.05) is 6.34 Å². The van der Waals surface area contributed by atoms with E-state index in [4.69, 9.17) is 5.11 Å². The average Bonchev–Trinajstić information content (AvgIpc) is 2.75. The van der Waals surface area contributed by atoms with Crippen LogP contribution < -0.4 is 0 Å². The fraction of sp³-hybridized carbons (Fsp3) is 0.533. The Morgan fingerprint density at radius 1 is 1.32 bits per heavy atom. The SMILES string of the molecule is CN(C)C(=O)O.Oc1cnccc1N=CN1CCCCCC1. The third kappa shape index (κ3) is 6.92. The molecular formula is C15H24N4O3. The van der Waals surface area contributed by atoms with E-state index in [9.17, 15) is 9.90 Å². The van der Waals surface area contributed by atoms with Crippen molar-refractivity contribution < 1.29 is 15.0 Å². The number of hydrogen-bond acceptors (Lipinski definition) is 4. The minimum Gasteiger partial charge on any atom is -0.504 e. The summed E-state index contributed by atoms with van der Waals surface area (Å²) in [6.07, 6.45) is 9.05. The highest BCUT2D eigenvalue weighted by Crippen LogP contribution is 2.23. The Bertz CT molecular complexity index is 483. The monoisotopic (exact) mass is 308 g/mol. The van der Waals surface area contributed by atoms with Crippen LogP contribution >= 0.6 is 0 Å². The highest BCUT2D eigenvalue weighted by atomic mass is 16.4. The Balaban J connectivity index is 0.000000346. The van der Waals surface area contributed by atoms with Gasteiger partial charge in [0.1, 0.15) is 5.69 Å². The van der Waals surface area contributed by atoms with Gasteiger partial charge in [-0.1, -0.05) is 12.8 Å². The number of aliphatic imine (C=N–C) groups is 1. The van der Waals surface area contributed by atoms with E-state index in [1.54, 1.807) is 12.3 Å². The molecule has 1 saturated heterocycles. The molecule has 0 aromatic carbocycles. The molecule has 1 aromatic heterocycles. The van der Waals surface area contributed by atoms with Crippen LogP contribution in [0.3, 0.4) is 0 Å². The van der Waals surface area contributed by atoms with Crippen LogP contribution in [0, 0.1) is 0 Å². The summed E-state index contributed by atoms with van der Waals surface area (Å²) in [6, 6.07) is 1.71. The largest absolute Gasteiger partial charge is 0.504 e. The lowest BCUT2D eigenvalue weighted by Gasteiger charge is -2.15. The lowest BCUT2D eigenvalue weighted by Crippen LogP contribution is -2.22.